The highest BCUT2D eigenvalue weighted by molar-refractivity contribution is 7.99. The Morgan fingerprint density at radius 3 is 2.59 bits per heavy atom. The van der Waals surface area contributed by atoms with Crippen LogP contribution in [0.5, 0.6) is 11.5 Å². The molecule has 5 rings (SSSR count). The van der Waals surface area contributed by atoms with Crippen molar-refractivity contribution in [3.8, 4) is 23.3 Å². The molecular formula is C30H29N5O3S. The summed E-state index contributed by atoms with van der Waals surface area (Å²) in [6, 6.07) is 27.1. The van der Waals surface area contributed by atoms with E-state index in [0.717, 1.165) is 29.2 Å². The van der Waals surface area contributed by atoms with Crippen LogP contribution in [0.4, 0.5) is 0 Å². The Kier molecular flexibility index (Phi) is 8.44. The number of rotatable bonds is 10. The number of hydrogen-bond donors (Lipinski definition) is 0. The first-order valence-corrected chi connectivity index (χ1v) is 13.9. The third kappa shape index (κ3) is 6.41. The maximum absolute atomic E-state index is 13.2. The molecule has 0 saturated carbocycles. The van der Waals surface area contributed by atoms with Gasteiger partial charge in [-0.2, -0.15) is 5.26 Å². The smallest absolute Gasteiger partial charge is 0.233 e. The molecule has 1 unspecified atom stereocenters. The molecule has 0 bridgehead atoms. The number of nitrogens with zero attached hydrogens (tertiary/aromatic N) is 5. The maximum atomic E-state index is 13.2. The highest BCUT2D eigenvalue weighted by Gasteiger charge is 2.28. The predicted octanol–water partition coefficient (Wildman–Crippen LogP) is 5.22. The van der Waals surface area contributed by atoms with Crippen molar-refractivity contribution < 1.29 is 14.3 Å². The van der Waals surface area contributed by atoms with E-state index >= 15 is 0 Å². The summed E-state index contributed by atoms with van der Waals surface area (Å²) >= 11 is 1.37. The molecule has 0 aliphatic carbocycles. The van der Waals surface area contributed by atoms with Crippen LogP contribution in [0.25, 0.3) is 5.69 Å². The monoisotopic (exact) mass is 539 g/mol. The van der Waals surface area contributed by atoms with Crippen LogP contribution in [0.1, 0.15) is 36.2 Å². The second-order valence-corrected chi connectivity index (χ2v) is 10.1. The fourth-order valence-electron chi connectivity index (χ4n) is 4.61. The number of thioether (sulfide) groups is 1. The lowest BCUT2D eigenvalue weighted by atomic mass is 9.97. The first kappa shape index (κ1) is 26.3. The normalized spacial score (nSPS) is 14.7. The van der Waals surface area contributed by atoms with Crippen LogP contribution in [-0.4, -0.2) is 51.0 Å². The summed E-state index contributed by atoms with van der Waals surface area (Å²) in [5.74, 6) is 2.71. The lowest BCUT2D eigenvalue weighted by Gasteiger charge is -2.17. The molecule has 3 aromatic carbocycles. The van der Waals surface area contributed by atoms with E-state index in [2.05, 4.69) is 16.3 Å². The van der Waals surface area contributed by atoms with Gasteiger partial charge in [-0.3, -0.25) is 9.36 Å². The number of likely N-dealkylation sites (tertiary alicyclic amines) is 1. The summed E-state index contributed by atoms with van der Waals surface area (Å²) in [6.07, 6.45) is 0.884. The van der Waals surface area contributed by atoms with E-state index in [1.165, 1.54) is 11.8 Å². The Labute approximate surface area is 232 Å². The number of carbonyl (C=O) groups is 1. The van der Waals surface area contributed by atoms with Crippen molar-refractivity contribution in [3.05, 3.63) is 95.8 Å². The summed E-state index contributed by atoms with van der Waals surface area (Å²) in [5.41, 5.74) is 2.62. The minimum atomic E-state index is 0.0577. The van der Waals surface area contributed by atoms with Gasteiger partial charge in [0.2, 0.25) is 5.91 Å². The van der Waals surface area contributed by atoms with E-state index < -0.39 is 0 Å². The molecule has 39 heavy (non-hydrogen) atoms. The lowest BCUT2D eigenvalue weighted by molar-refractivity contribution is -0.127. The number of hydrogen-bond acceptors (Lipinski definition) is 7. The minimum Gasteiger partial charge on any atom is -0.494 e. The molecular weight excluding hydrogens is 510 g/mol. The van der Waals surface area contributed by atoms with Crippen molar-refractivity contribution in [2.24, 2.45) is 0 Å². The van der Waals surface area contributed by atoms with Crippen molar-refractivity contribution >= 4 is 17.7 Å². The fourth-order valence-corrected chi connectivity index (χ4v) is 5.48. The van der Waals surface area contributed by atoms with Gasteiger partial charge in [0, 0.05) is 24.7 Å². The average Bonchev–Trinajstić information content (AvgIpc) is 3.64. The van der Waals surface area contributed by atoms with Gasteiger partial charge in [0.05, 0.1) is 24.0 Å². The topological polar surface area (TPSA) is 93.3 Å². The summed E-state index contributed by atoms with van der Waals surface area (Å²) in [7, 11) is 0. The quantitative estimate of drug-likeness (QED) is 0.255. The number of para-hydroxylation sites is 1. The van der Waals surface area contributed by atoms with Gasteiger partial charge in [-0.1, -0.05) is 42.1 Å². The number of carbonyl (C=O) groups excluding carboxylic acids is 1. The highest BCUT2D eigenvalue weighted by atomic mass is 32.2. The lowest BCUT2D eigenvalue weighted by Crippen LogP contribution is -2.30. The molecule has 0 radical (unpaired) electrons. The van der Waals surface area contributed by atoms with Crippen molar-refractivity contribution in [3.63, 3.8) is 0 Å². The second kappa shape index (κ2) is 12.5. The van der Waals surface area contributed by atoms with Gasteiger partial charge in [-0.15, -0.1) is 10.2 Å². The van der Waals surface area contributed by atoms with E-state index in [9.17, 15) is 10.1 Å². The van der Waals surface area contributed by atoms with Crippen LogP contribution < -0.4 is 9.47 Å². The molecule has 1 fully saturated rings. The van der Waals surface area contributed by atoms with E-state index in [0.29, 0.717) is 36.2 Å². The third-order valence-electron chi connectivity index (χ3n) is 6.57. The predicted molar refractivity (Wildman–Crippen MR) is 149 cm³/mol. The van der Waals surface area contributed by atoms with Gasteiger partial charge < -0.3 is 14.4 Å². The molecule has 1 amide bonds. The average molecular weight is 540 g/mol. The fraction of sp³-hybridized carbons (Fsp3) is 0.267. The van der Waals surface area contributed by atoms with Gasteiger partial charge in [0.25, 0.3) is 0 Å². The van der Waals surface area contributed by atoms with Crippen LogP contribution in [-0.2, 0) is 11.4 Å². The molecule has 1 saturated heterocycles. The van der Waals surface area contributed by atoms with Crippen molar-refractivity contribution in [2.45, 2.75) is 31.0 Å². The Morgan fingerprint density at radius 2 is 1.82 bits per heavy atom. The summed E-state index contributed by atoms with van der Waals surface area (Å²) in [6.45, 7) is 4.11. The SMILES string of the molecule is CCOc1ccc(-n2c(COc3ccccc3)nnc2SCC(=O)N2CCC(c3cccc(C#N)c3)C2)cc1. The van der Waals surface area contributed by atoms with Gasteiger partial charge in [0.15, 0.2) is 11.0 Å². The second-order valence-electron chi connectivity index (χ2n) is 9.11. The standard InChI is InChI=1S/C30H29N5O3S/c1-2-37-27-13-11-25(12-14-27)35-28(20-38-26-9-4-3-5-10-26)32-33-30(35)39-21-29(36)34-16-15-24(19-34)23-8-6-7-22(17-23)18-31/h3-14,17,24H,2,15-16,19-21H2,1H3. The van der Waals surface area contributed by atoms with Gasteiger partial charge in [-0.05, 0) is 67.4 Å². The van der Waals surface area contributed by atoms with E-state index in [1.54, 1.807) is 6.07 Å². The van der Waals surface area contributed by atoms with Gasteiger partial charge >= 0.3 is 0 Å². The minimum absolute atomic E-state index is 0.0577. The number of amides is 1. The van der Waals surface area contributed by atoms with Crippen LogP contribution >= 0.6 is 11.8 Å². The molecule has 0 N–H and O–H groups in total. The summed E-state index contributed by atoms with van der Waals surface area (Å²) in [4.78, 5) is 15.1. The summed E-state index contributed by atoms with van der Waals surface area (Å²) < 4.78 is 13.5. The Hall–Kier alpha value is -4.29. The number of benzene rings is 3. The molecule has 9 heteroatoms. The zero-order valence-corrected chi connectivity index (χ0v) is 22.5. The molecule has 0 spiro atoms. The van der Waals surface area contributed by atoms with Crippen molar-refractivity contribution in [1.82, 2.24) is 19.7 Å². The first-order chi connectivity index (χ1) is 19.1. The van der Waals surface area contributed by atoms with Crippen LogP contribution in [0, 0.1) is 11.3 Å². The molecule has 1 aliphatic rings. The number of nitriles is 1. The number of ether oxygens (including phenoxy) is 2. The zero-order chi connectivity index (χ0) is 27.0. The van der Waals surface area contributed by atoms with Crippen molar-refractivity contribution in [1.29, 1.82) is 5.26 Å². The van der Waals surface area contributed by atoms with E-state index in [-0.39, 0.29) is 24.2 Å². The first-order valence-electron chi connectivity index (χ1n) is 12.9. The van der Waals surface area contributed by atoms with Crippen LogP contribution in [0.15, 0.2) is 84.0 Å². The van der Waals surface area contributed by atoms with E-state index in [1.807, 2.05) is 89.2 Å². The zero-order valence-electron chi connectivity index (χ0n) is 21.7. The van der Waals surface area contributed by atoms with Crippen LogP contribution in [0.3, 0.4) is 0 Å². The molecule has 1 aromatic heterocycles. The van der Waals surface area contributed by atoms with Gasteiger partial charge in [0.1, 0.15) is 18.1 Å². The molecule has 8 nitrogen and oxygen atoms in total. The Balaban J connectivity index is 1.29. The summed E-state index contributed by atoms with van der Waals surface area (Å²) in [5, 5.41) is 18.6. The Morgan fingerprint density at radius 1 is 1.03 bits per heavy atom. The molecule has 1 atom stereocenters. The largest absolute Gasteiger partial charge is 0.494 e. The van der Waals surface area contributed by atoms with Crippen LogP contribution in [0.2, 0.25) is 0 Å². The van der Waals surface area contributed by atoms with E-state index in [4.69, 9.17) is 9.47 Å². The maximum Gasteiger partial charge on any atom is 0.233 e. The Bertz CT molecular complexity index is 1450. The molecule has 198 valence electrons. The molecule has 1 aliphatic heterocycles. The molecule has 4 aromatic rings. The number of aromatic nitrogens is 3. The highest BCUT2D eigenvalue weighted by Crippen LogP contribution is 2.30. The molecule has 2 heterocycles. The van der Waals surface area contributed by atoms with Crippen molar-refractivity contribution in [2.75, 3.05) is 25.4 Å². The third-order valence-corrected chi connectivity index (χ3v) is 7.48. The van der Waals surface area contributed by atoms with Gasteiger partial charge in [-0.25, -0.2) is 0 Å².